The number of hydrogen-bond donors (Lipinski definition) is 3. The largest absolute Gasteiger partial charge is 0.425 e. The molecule has 0 fully saturated rings. The number of amides is 2. The molecule has 3 N–H and O–H groups in total. The minimum Gasteiger partial charge on any atom is -0.326 e. The maximum atomic E-state index is 14.4. The highest BCUT2D eigenvalue weighted by Gasteiger charge is 2.68. The quantitative estimate of drug-likeness (QED) is 0.539. The number of anilines is 1. The Bertz CT molecular complexity index is 1300. The molecule has 7 nitrogen and oxygen atoms in total. The number of aromatic nitrogens is 2. The van der Waals surface area contributed by atoms with Crippen LogP contribution in [-0.4, -0.2) is 27.5 Å². The van der Waals surface area contributed by atoms with E-state index in [4.69, 9.17) is 12.2 Å². The number of carbonyl (C=O) groups is 2. The van der Waals surface area contributed by atoms with Gasteiger partial charge in [-0.25, -0.2) is 0 Å². The van der Waals surface area contributed by atoms with Crippen molar-refractivity contribution in [2.75, 3.05) is 5.32 Å². The minimum absolute atomic E-state index is 0.111. The van der Waals surface area contributed by atoms with Crippen LogP contribution in [0.1, 0.15) is 15.9 Å². The van der Waals surface area contributed by atoms with Crippen LogP contribution in [-0.2, 0) is 10.3 Å². The number of para-hydroxylation sites is 1. The Balaban J connectivity index is 1.99. The third-order valence-electron chi connectivity index (χ3n) is 4.84. The Labute approximate surface area is 177 Å². The maximum Gasteiger partial charge on any atom is 0.425 e. The molecule has 3 aromatic rings. The third kappa shape index (κ3) is 3.13. The van der Waals surface area contributed by atoms with Gasteiger partial charge in [-0.15, -0.1) is 0 Å². The Hall–Kier alpha value is -3.73. The van der Waals surface area contributed by atoms with E-state index in [-0.39, 0.29) is 10.3 Å². The van der Waals surface area contributed by atoms with E-state index in [1.165, 1.54) is 36.4 Å². The van der Waals surface area contributed by atoms with E-state index in [1.54, 1.807) is 29.6 Å². The first-order valence-corrected chi connectivity index (χ1v) is 9.28. The summed E-state index contributed by atoms with van der Waals surface area (Å²) in [7, 11) is 0. The van der Waals surface area contributed by atoms with Crippen molar-refractivity contribution in [3.63, 3.8) is 0 Å². The molecule has 11 heteroatoms. The lowest BCUT2D eigenvalue weighted by molar-refractivity contribution is -0.196. The number of fused-ring (bicyclic) bond motifs is 1. The zero-order chi connectivity index (χ0) is 22.4. The molecule has 1 aromatic heterocycles. The number of benzene rings is 2. The van der Waals surface area contributed by atoms with Crippen LogP contribution in [0, 0.1) is 4.77 Å². The summed E-state index contributed by atoms with van der Waals surface area (Å²) in [6, 6.07) is 15.0. The number of H-pyrrole nitrogens is 1. The average Bonchev–Trinajstić information content (AvgIpc) is 3.02. The first kappa shape index (κ1) is 20.5. The topological polar surface area (TPSA) is 96.0 Å². The van der Waals surface area contributed by atoms with E-state index in [1.807, 2.05) is 0 Å². The molecule has 2 aromatic carbocycles. The highest BCUT2D eigenvalue weighted by atomic mass is 32.1. The zero-order valence-corrected chi connectivity index (χ0v) is 16.3. The Morgan fingerprint density at radius 3 is 2.16 bits per heavy atom. The average molecular weight is 446 g/mol. The molecule has 1 aliphatic rings. The predicted molar refractivity (Wildman–Crippen MR) is 107 cm³/mol. The normalized spacial score (nSPS) is 17.7. The Morgan fingerprint density at radius 2 is 1.58 bits per heavy atom. The van der Waals surface area contributed by atoms with Gasteiger partial charge in [0.1, 0.15) is 11.4 Å². The highest BCUT2D eigenvalue weighted by Crippen LogP contribution is 2.45. The molecule has 0 radical (unpaired) electrons. The van der Waals surface area contributed by atoms with E-state index in [9.17, 15) is 27.6 Å². The second-order valence-corrected chi connectivity index (χ2v) is 7.06. The second-order valence-electron chi connectivity index (χ2n) is 6.68. The van der Waals surface area contributed by atoms with Crippen LogP contribution in [0.2, 0.25) is 0 Å². The molecule has 31 heavy (non-hydrogen) atoms. The van der Waals surface area contributed by atoms with Crippen LogP contribution < -0.4 is 16.2 Å². The smallest absolute Gasteiger partial charge is 0.326 e. The van der Waals surface area contributed by atoms with Crippen molar-refractivity contribution in [1.29, 1.82) is 0 Å². The van der Waals surface area contributed by atoms with Gasteiger partial charge in [0, 0.05) is 11.3 Å². The van der Waals surface area contributed by atoms with Crippen LogP contribution in [0.25, 0.3) is 5.69 Å². The summed E-state index contributed by atoms with van der Waals surface area (Å²) in [5, 5.41) is 3.85. The third-order valence-corrected chi connectivity index (χ3v) is 5.12. The van der Waals surface area contributed by atoms with E-state index in [0.29, 0.717) is 5.69 Å². The van der Waals surface area contributed by atoms with Crippen LogP contribution in [0.5, 0.6) is 0 Å². The number of hydrogen-bond acceptors (Lipinski definition) is 4. The van der Waals surface area contributed by atoms with Crippen molar-refractivity contribution in [1.82, 2.24) is 14.9 Å². The summed E-state index contributed by atoms with van der Waals surface area (Å²) in [5.41, 5.74) is -5.64. The highest BCUT2D eigenvalue weighted by molar-refractivity contribution is 7.71. The summed E-state index contributed by atoms with van der Waals surface area (Å²) >= 11 is 5.12. The lowest BCUT2D eigenvalue weighted by Crippen LogP contribution is -2.61. The Kier molecular flexibility index (Phi) is 4.77. The summed E-state index contributed by atoms with van der Waals surface area (Å²) in [5.74, 6) is -3.25. The number of carbonyl (C=O) groups excluding carboxylic acids is 2. The van der Waals surface area contributed by atoms with Crippen molar-refractivity contribution in [2.45, 2.75) is 11.7 Å². The van der Waals surface area contributed by atoms with Gasteiger partial charge in [0.2, 0.25) is 0 Å². The molecular weight excluding hydrogens is 433 g/mol. The monoisotopic (exact) mass is 446 g/mol. The van der Waals surface area contributed by atoms with Gasteiger partial charge in [-0.3, -0.25) is 23.9 Å². The molecule has 1 atom stereocenters. The van der Waals surface area contributed by atoms with Crippen LogP contribution in [0.4, 0.5) is 19.0 Å². The van der Waals surface area contributed by atoms with Gasteiger partial charge in [0.15, 0.2) is 4.77 Å². The van der Waals surface area contributed by atoms with Gasteiger partial charge in [0.25, 0.3) is 22.9 Å². The van der Waals surface area contributed by atoms with Gasteiger partial charge in [0.05, 0.1) is 0 Å². The number of alkyl halides is 3. The van der Waals surface area contributed by atoms with Gasteiger partial charge in [-0.05, 0) is 36.5 Å². The molecule has 1 aliphatic heterocycles. The summed E-state index contributed by atoms with van der Waals surface area (Å²) in [4.78, 5) is 40.2. The van der Waals surface area contributed by atoms with Gasteiger partial charge in [-0.1, -0.05) is 36.4 Å². The number of nitrogens with zero attached hydrogens (tertiary/aromatic N) is 1. The fourth-order valence-corrected chi connectivity index (χ4v) is 3.72. The van der Waals surface area contributed by atoms with E-state index >= 15 is 0 Å². The SMILES string of the molecule is O=C(N[C@@]1(C(F)(F)F)C(=O)Nc2c1c(=O)[nH]c(=S)n2-c1ccccc1)c1ccccc1. The lowest BCUT2D eigenvalue weighted by atomic mass is 9.91. The molecule has 0 aliphatic carbocycles. The maximum absolute atomic E-state index is 14.4. The van der Waals surface area contributed by atoms with Gasteiger partial charge >= 0.3 is 6.18 Å². The summed E-state index contributed by atoms with van der Waals surface area (Å²) in [6.45, 7) is 0. The van der Waals surface area contributed by atoms with E-state index < -0.39 is 40.5 Å². The van der Waals surface area contributed by atoms with Crippen molar-refractivity contribution < 1.29 is 22.8 Å². The number of nitrogens with one attached hydrogen (secondary N) is 3. The van der Waals surface area contributed by atoms with Crippen molar-refractivity contribution >= 4 is 29.9 Å². The van der Waals surface area contributed by atoms with Gasteiger partial charge in [-0.2, -0.15) is 13.2 Å². The number of aromatic amines is 1. The van der Waals surface area contributed by atoms with Crippen molar-refractivity contribution in [2.24, 2.45) is 0 Å². The van der Waals surface area contributed by atoms with Crippen LogP contribution in [0.15, 0.2) is 65.5 Å². The van der Waals surface area contributed by atoms with Crippen molar-refractivity contribution in [3.8, 4) is 5.69 Å². The molecule has 0 spiro atoms. The molecular formula is C20H13F3N4O3S. The lowest BCUT2D eigenvalue weighted by Gasteiger charge is -2.30. The molecule has 0 saturated heterocycles. The second kappa shape index (κ2) is 7.20. The molecule has 0 bridgehead atoms. The summed E-state index contributed by atoms with van der Waals surface area (Å²) in [6.07, 6.45) is -5.34. The minimum atomic E-state index is -5.34. The van der Waals surface area contributed by atoms with Crippen LogP contribution >= 0.6 is 12.2 Å². The molecule has 0 unspecified atom stereocenters. The van der Waals surface area contributed by atoms with Crippen molar-refractivity contribution in [3.05, 3.63) is 86.9 Å². The molecule has 158 valence electrons. The summed E-state index contributed by atoms with van der Waals surface area (Å²) < 4.78 is 44.0. The first-order chi connectivity index (χ1) is 14.7. The van der Waals surface area contributed by atoms with Crippen LogP contribution in [0.3, 0.4) is 0 Å². The van der Waals surface area contributed by atoms with E-state index in [0.717, 1.165) is 4.57 Å². The molecule has 2 heterocycles. The fraction of sp³-hybridized carbons (Fsp3) is 0.100. The zero-order valence-electron chi connectivity index (χ0n) is 15.5. The number of halogens is 3. The first-order valence-electron chi connectivity index (χ1n) is 8.88. The number of rotatable bonds is 3. The Morgan fingerprint density at radius 1 is 1.00 bits per heavy atom. The fourth-order valence-electron chi connectivity index (χ4n) is 3.43. The standard InChI is InChI=1S/C20H13F3N4O3S/c21-20(22,23)19(26-15(28)11-7-3-1-4-8-11)13-14(24-17(19)30)27(18(31)25-16(13)29)12-9-5-2-6-10-12/h1-10H,(H,24,30)(H,26,28)(H,25,29,31)/t19-/m1/s1. The molecule has 2 amide bonds. The van der Waals surface area contributed by atoms with Gasteiger partial charge < -0.3 is 10.6 Å². The van der Waals surface area contributed by atoms with E-state index in [2.05, 4.69) is 10.3 Å². The molecule has 0 saturated carbocycles. The predicted octanol–water partition coefficient (Wildman–Crippen LogP) is 3.03. The molecule has 4 rings (SSSR count).